The van der Waals surface area contributed by atoms with Gasteiger partial charge in [-0.1, -0.05) is 32.1 Å². The topological polar surface area (TPSA) is 134 Å². The van der Waals surface area contributed by atoms with Gasteiger partial charge in [0.25, 0.3) is 5.91 Å². The molecule has 0 aliphatic heterocycles. The molecule has 0 spiro atoms. The summed E-state index contributed by atoms with van der Waals surface area (Å²) in [5, 5.41) is 36.5. The van der Waals surface area contributed by atoms with E-state index in [9.17, 15) is 24.2 Å². The Morgan fingerprint density at radius 2 is 1.77 bits per heavy atom. The number of hydrogen-bond donors (Lipinski definition) is 4. The maximum absolute atomic E-state index is 13.6. The first-order valence-electron chi connectivity index (χ1n) is 12.1. The van der Waals surface area contributed by atoms with Gasteiger partial charge in [-0.05, 0) is 54.0 Å². The van der Waals surface area contributed by atoms with Gasteiger partial charge in [0.2, 0.25) is 0 Å². The Bertz CT molecular complexity index is 1280. The minimum absolute atomic E-state index is 0. The number of ether oxygens (including phenoxy) is 1. The molecule has 2 atom stereocenters. The van der Waals surface area contributed by atoms with Crippen LogP contribution in [-0.4, -0.2) is 56.3 Å². The van der Waals surface area contributed by atoms with Crippen molar-refractivity contribution in [3.8, 4) is 11.4 Å². The van der Waals surface area contributed by atoms with Gasteiger partial charge in [-0.2, -0.15) is 5.10 Å². The molecule has 9 nitrogen and oxygen atoms in total. The third-order valence-electron chi connectivity index (χ3n) is 5.84. The number of aliphatic hydroxyl groups excluding tert-OH is 2. The van der Waals surface area contributed by atoms with Crippen LogP contribution in [0.4, 0.5) is 4.39 Å². The van der Waals surface area contributed by atoms with E-state index in [0.717, 1.165) is 5.56 Å². The van der Waals surface area contributed by atoms with E-state index in [0.29, 0.717) is 22.7 Å². The van der Waals surface area contributed by atoms with Gasteiger partial charge in [0.05, 0.1) is 37.1 Å². The van der Waals surface area contributed by atoms with Crippen molar-refractivity contribution in [2.75, 3.05) is 7.11 Å². The van der Waals surface area contributed by atoms with Crippen molar-refractivity contribution < 1.29 is 65.0 Å². The number of amides is 1. The molecule has 204 valence electrons. The van der Waals surface area contributed by atoms with Gasteiger partial charge in [0, 0.05) is 18.5 Å². The van der Waals surface area contributed by atoms with Crippen molar-refractivity contribution in [3.05, 3.63) is 82.9 Å². The number of benzene rings is 2. The minimum atomic E-state index is -1.22. The van der Waals surface area contributed by atoms with Crippen molar-refractivity contribution in [2.24, 2.45) is 0 Å². The number of aliphatic carboxylic acids is 1. The van der Waals surface area contributed by atoms with Crippen LogP contribution in [-0.2, 0) is 11.3 Å². The molecule has 0 saturated carbocycles. The summed E-state index contributed by atoms with van der Waals surface area (Å²) >= 11 is 0. The van der Waals surface area contributed by atoms with Gasteiger partial charge < -0.3 is 26.8 Å². The normalized spacial score (nSPS) is 12.7. The van der Waals surface area contributed by atoms with Gasteiger partial charge in [-0.3, -0.25) is 9.59 Å². The minimum Gasteiger partial charge on any atom is -1.00 e. The fourth-order valence-electron chi connectivity index (χ4n) is 3.97. The third-order valence-corrected chi connectivity index (χ3v) is 5.84. The second-order valence-electron chi connectivity index (χ2n) is 9.14. The van der Waals surface area contributed by atoms with Crippen LogP contribution in [0.3, 0.4) is 0 Å². The largest absolute Gasteiger partial charge is 1.00 e. The molecule has 1 heterocycles. The SMILES string of the molecule is COc1ccc(CNC(=O)c2nn(-c3ccc(F)cc3)c(/C=C/[C@H](O)C[C@@H](O)CC(=O)O)c2C(C)C)cc1.[H-].[Na+]. The standard InChI is InChI=1S/C28H32FN3O6.Na.H/c1-17(2)26-24(13-10-21(33)14-22(34)15-25(35)36)32(20-8-6-19(29)7-9-20)31-27(26)28(37)30-16-18-4-11-23(38-3)12-5-18;;/h4-13,17,21-22,33-34H,14-16H2,1-3H3,(H,30,37)(H,35,36);;/q;+1;-1/b13-10+;;/t21-,22+;;/m0../s1. The first-order valence-corrected chi connectivity index (χ1v) is 12.1. The van der Waals surface area contributed by atoms with Crippen molar-refractivity contribution in [3.63, 3.8) is 0 Å². The molecule has 1 aromatic heterocycles. The molecule has 1 amide bonds. The van der Waals surface area contributed by atoms with E-state index < -0.39 is 36.3 Å². The van der Waals surface area contributed by atoms with E-state index in [1.807, 2.05) is 26.0 Å². The molecule has 0 aliphatic rings. The van der Waals surface area contributed by atoms with E-state index >= 15 is 0 Å². The molecular formula is C28H33FN3NaO6. The van der Waals surface area contributed by atoms with E-state index in [4.69, 9.17) is 9.84 Å². The molecule has 0 radical (unpaired) electrons. The van der Waals surface area contributed by atoms with Gasteiger partial charge in [-0.15, -0.1) is 0 Å². The number of methoxy groups -OCH3 is 1. The van der Waals surface area contributed by atoms with Gasteiger partial charge >= 0.3 is 35.5 Å². The van der Waals surface area contributed by atoms with Gasteiger partial charge in [0.15, 0.2) is 5.69 Å². The van der Waals surface area contributed by atoms with Crippen molar-refractivity contribution in [2.45, 2.75) is 51.4 Å². The zero-order chi connectivity index (χ0) is 27.8. The number of aliphatic hydroxyl groups is 2. The van der Waals surface area contributed by atoms with Gasteiger partial charge in [0.1, 0.15) is 11.6 Å². The maximum Gasteiger partial charge on any atom is 1.00 e. The molecule has 2 aromatic carbocycles. The summed E-state index contributed by atoms with van der Waals surface area (Å²) in [6.07, 6.45) is -0.0587. The molecule has 11 heteroatoms. The quantitative estimate of drug-likeness (QED) is 0.246. The van der Waals surface area contributed by atoms with Crippen LogP contribution in [0.25, 0.3) is 11.8 Å². The molecule has 4 N–H and O–H groups in total. The predicted molar refractivity (Wildman–Crippen MR) is 141 cm³/mol. The molecule has 0 unspecified atom stereocenters. The number of halogens is 1. The van der Waals surface area contributed by atoms with Gasteiger partial charge in [-0.25, -0.2) is 9.07 Å². The Balaban J connectivity index is 0.00000400. The Labute approximate surface area is 250 Å². The zero-order valence-electron chi connectivity index (χ0n) is 23.5. The summed E-state index contributed by atoms with van der Waals surface area (Å²) in [5.41, 5.74) is 2.65. The molecule has 39 heavy (non-hydrogen) atoms. The average molecular weight is 550 g/mol. The summed E-state index contributed by atoms with van der Waals surface area (Å²) in [5.74, 6) is -1.45. The fraction of sp³-hybridized carbons (Fsp3) is 0.321. The molecule has 0 aliphatic carbocycles. The van der Waals surface area contributed by atoms with E-state index in [1.54, 1.807) is 25.3 Å². The zero-order valence-corrected chi connectivity index (χ0v) is 24.5. The molecule has 0 saturated heterocycles. The fourth-order valence-corrected chi connectivity index (χ4v) is 3.97. The first kappa shape index (κ1) is 32.2. The Morgan fingerprint density at radius 3 is 2.33 bits per heavy atom. The smallest absolute Gasteiger partial charge is 1.00 e. The monoisotopic (exact) mass is 549 g/mol. The molecule has 0 fully saturated rings. The van der Waals surface area contributed by atoms with Crippen molar-refractivity contribution in [1.29, 1.82) is 0 Å². The number of hydrogen-bond acceptors (Lipinski definition) is 6. The molecule has 0 bridgehead atoms. The number of nitrogens with one attached hydrogen (secondary N) is 1. The number of rotatable bonds is 12. The van der Waals surface area contributed by atoms with Crippen LogP contribution in [0.2, 0.25) is 0 Å². The summed E-state index contributed by atoms with van der Waals surface area (Å²) in [7, 11) is 1.57. The number of aromatic nitrogens is 2. The second-order valence-corrected chi connectivity index (χ2v) is 9.14. The molecule has 3 rings (SSSR count). The summed E-state index contributed by atoms with van der Waals surface area (Å²) in [6, 6.07) is 12.9. The number of carbonyl (C=O) groups excluding carboxylic acids is 1. The van der Waals surface area contributed by atoms with Crippen molar-refractivity contribution >= 4 is 18.0 Å². The van der Waals surface area contributed by atoms with Crippen LogP contribution in [0.5, 0.6) is 5.75 Å². The average Bonchev–Trinajstić information content (AvgIpc) is 3.26. The summed E-state index contributed by atoms with van der Waals surface area (Å²) in [4.78, 5) is 24.1. The summed E-state index contributed by atoms with van der Waals surface area (Å²) in [6.45, 7) is 4.06. The van der Waals surface area contributed by atoms with Crippen LogP contribution in [0.15, 0.2) is 54.6 Å². The number of carbonyl (C=O) groups is 2. The first-order chi connectivity index (χ1) is 18.1. The molecular weight excluding hydrogens is 516 g/mol. The number of carboxylic acid groups (broad SMARTS) is 1. The Hall–Kier alpha value is -3.02. The van der Waals surface area contributed by atoms with Crippen molar-refractivity contribution in [1.82, 2.24) is 15.1 Å². The van der Waals surface area contributed by atoms with Crippen LogP contribution >= 0.6 is 0 Å². The van der Waals surface area contributed by atoms with E-state index in [1.165, 1.54) is 35.0 Å². The number of nitrogens with zero attached hydrogens (tertiary/aromatic N) is 2. The van der Waals surface area contributed by atoms with Crippen LogP contribution < -0.4 is 39.6 Å². The third kappa shape index (κ3) is 9.01. The van der Waals surface area contributed by atoms with E-state index in [2.05, 4.69) is 10.4 Å². The van der Waals surface area contributed by atoms with Crippen LogP contribution in [0.1, 0.15) is 61.3 Å². The summed E-state index contributed by atoms with van der Waals surface area (Å²) < 4.78 is 20.3. The Kier molecular flexibility index (Phi) is 12.3. The number of carboxylic acids is 1. The predicted octanol–water partition coefficient (Wildman–Crippen LogP) is 0.790. The maximum atomic E-state index is 13.6. The molecule has 3 aromatic rings. The second kappa shape index (κ2) is 14.9. The Morgan fingerprint density at radius 1 is 1.13 bits per heavy atom. The van der Waals surface area contributed by atoms with E-state index in [-0.39, 0.29) is 55.6 Å². The van der Waals surface area contributed by atoms with Crippen LogP contribution in [0, 0.1) is 5.82 Å².